The number of rotatable bonds is 0. The van der Waals surface area contributed by atoms with Gasteiger partial charge in [0.15, 0.2) is 0 Å². The van der Waals surface area contributed by atoms with Crippen molar-refractivity contribution in [3.05, 3.63) is 0 Å². The summed E-state index contributed by atoms with van der Waals surface area (Å²) in [5.41, 5.74) is 0. The van der Waals surface area contributed by atoms with E-state index in [4.69, 9.17) is 0 Å². The van der Waals surface area contributed by atoms with Gasteiger partial charge in [-0.2, -0.15) is 0 Å². The van der Waals surface area contributed by atoms with Crippen LogP contribution in [0.25, 0.3) is 0 Å². The first-order valence-corrected chi connectivity index (χ1v) is 0. The van der Waals surface area contributed by atoms with Crippen LogP contribution >= 0.6 is 0 Å². The molecule has 0 aromatic heterocycles. The molecule has 0 nitrogen and oxygen atoms in total. The first-order valence-electron chi connectivity index (χ1n) is 0. The van der Waals surface area contributed by atoms with Crippen molar-refractivity contribution in [2.24, 2.45) is 0 Å². The summed E-state index contributed by atoms with van der Waals surface area (Å²) in [7, 11) is 0. The van der Waals surface area contributed by atoms with Gasteiger partial charge in [0.25, 0.3) is 0 Å². The molecule has 0 unspecified atom stereocenters. The second kappa shape index (κ2) is 25.3. The molecule has 0 saturated carbocycles. The molecule has 0 aliphatic carbocycles. The molecule has 0 amide bonds. The van der Waals surface area contributed by atoms with Crippen LogP contribution in [-0.4, -0.2) is 60.8 Å². The van der Waals surface area contributed by atoms with E-state index < -0.39 is 0 Å². The quantitative estimate of drug-likeness (QED) is 0.494. The molecule has 24 valence electrons. The zero-order valence-electron chi connectivity index (χ0n) is 2.80. The molecule has 0 aromatic carbocycles. The summed E-state index contributed by atoms with van der Waals surface area (Å²) in [5, 5.41) is 0. The summed E-state index contributed by atoms with van der Waals surface area (Å²) in [5.74, 6) is 0. The fraction of sp³-hybridized carbons (Fsp3) is 0. The molecule has 0 spiro atoms. The topological polar surface area (TPSA) is 0 Å². The predicted octanol–water partition coefficient (Wildman–Crippen LogP) is -0.769. The molecule has 0 atom stereocenters. The maximum Gasteiger partial charge on any atom is 0 e. The Morgan fingerprint density at radius 3 is 1.00 bits per heavy atom. The third kappa shape index (κ3) is 18.3. The Labute approximate surface area is 112 Å². The molecule has 0 saturated heterocycles. The Balaban J connectivity index is 0. The van der Waals surface area contributed by atoms with Crippen LogP contribution < -0.4 is 0 Å². The summed E-state index contributed by atoms with van der Waals surface area (Å²) in [6, 6.07) is 0. The van der Waals surface area contributed by atoms with Crippen molar-refractivity contribution < 1.29 is 53.6 Å². The van der Waals surface area contributed by atoms with Gasteiger partial charge in [0.1, 0.15) is 0 Å². The Kier molecular flexibility index (Phi) is 191. The van der Waals surface area contributed by atoms with Gasteiger partial charge in [-0.25, -0.2) is 0 Å². The second-order valence-electron chi connectivity index (χ2n) is 0. The molecular weight excluding hydrogens is 248 g/mol. The van der Waals surface area contributed by atoms with Crippen LogP contribution in [0.15, 0.2) is 0 Å². The van der Waals surface area contributed by atoms with E-state index in [1.54, 1.807) is 0 Å². The summed E-state index contributed by atoms with van der Waals surface area (Å²) in [6.45, 7) is 0. The molecule has 6 radical (unpaired) electrons. The van der Waals surface area contributed by atoms with Gasteiger partial charge in [-0.15, -0.1) is 0 Å². The van der Waals surface area contributed by atoms with E-state index in [1.807, 2.05) is 0 Å². The minimum absolute atomic E-state index is 0. The van der Waals surface area contributed by atoms with Crippen LogP contribution in [0.5, 0.6) is 0 Å². The van der Waals surface area contributed by atoms with Crippen LogP contribution in [0.3, 0.4) is 0 Å². The second-order valence-corrected chi connectivity index (χ2v) is 0. The van der Waals surface area contributed by atoms with E-state index in [0.29, 0.717) is 0 Å². The van der Waals surface area contributed by atoms with Crippen LogP contribution in [-0.2, 0) is 53.6 Å². The monoisotopic (exact) mass is 246 g/mol. The normalized spacial score (nSPS) is 0. The van der Waals surface area contributed by atoms with Crippen molar-refractivity contribution in [1.29, 1.82) is 0 Å². The summed E-state index contributed by atoms with van der Waals surface area (Å²) < 4.78 is 0. The Morgan fingerprint density at radius 1 is 1.00 bits per heavy atom. The van der Waals surface area contributed by atoms with Gasteiger partial charge in [-0.1, -0.05) is 0 Å². The van der Waals surface area contributed by atoms with Crippen LogP contribution in [0, 0.1) is 0 Å². The largest absolute Gasteiger partial charge is 0 e. The number of hydrogen-bond donors (Lipinski definition) is 0. The molecular formula is CaCuMgMnZn. The van der Waals surface area contributed by atoms with E-state index in [-0.39, 0.29) is 114 Å². The zero-order valence-corrected chi connectivity index (χ0v) is 11.5. The first-order chi connectivity index (χ1) is 0. The Bertz CT molecular complexity index is 11.6. The van der Waals surface area contributed by atoms with Gasteiger partial charge in [-0.05, 0) is 0 Å². The van der Waals surface area contributed by atoms with E-state index in [2.05, 4.69) is 0 Å². The van der Waals surface area contributed by atoms with E-state index in [1.165, 1.54) is 0 Å². The van der Waals surface area contributed by atoms with Crippen LogP contribution in [0.1, 0.15) is 0 Å². The Hall–Kier alpha value is 3.69. The van der Waals surface area contributed by atoms with Crippen molar-refractivity contribution in [3.63, 3.8) is 0 Å². The van der Waals surface area contributed by atoms with Crippen molar-refractivity contribution in [2.75, 3.05) is 0 Å². The van der Waals surface area contributed by atoms with Crippen molar-refractivity contribution in [1.82, 2.24) is 0 Å². The molecule has 0 aliphatic heterocycles. The molecule has 0 aromatic rings. The summed E-state index contributed by atoms with van der Waals surface area (Å²) >= 11 is 0. The van der Waals surface area contributed by atoms with Crippen molar-refractivity contribution >= 4 is 60.8 Å². The first kappa shape index (κ1) is 37.8. The molecule has 0 heterocycles. The summed E-state index contributed by atoms with van der Waals surface area (Å²) in [4.78, 5) is 0. The predicted molar refractivity (Wildman–Crippen MR) is 11.5 cm³/mol. The van der Waals surface area contributed by atoms with E-state index in [0.717, 1.165) is 0 Å². The van der Waals surface area contributed by atoms with E-state index in [9.17, 15) is 0 Å². The SMILES string of the molecule is [Ca].[Cu].[Mg].[Mn].[Zn]. The smallest absolute Gasteiger partial charge is 0 e. The minimum atomic E-state index is 0. The zero-order chi connectivity index (χ0) is 0. The molecule has 0 N–H and O–H groups in total. The fourth-order valence-corrected chi connectivity index (χ4v) is 0. The maximum atomic E-state index is 0. The molecule has 0 aliphatic rings. The van der Waals surface area contributed by atoms with Gasteiger partial charge in [0.2, 0.25) is 0 Å². The summed E-state index contributed by atoms with van der Waals surface area (Å²) in [6.07, 6.45) is 0. The number of hydrogen-bond acceptors (Lipinski definition) is 0. The molecule has 5 heteroatoms. The van der Waals surface area contributed by atoms with Gasteiger partial charge >= 0.3 is 0 Å². The van der Waals surface area contributed by atoms with Gasteiger partial charge < -0.3 is 0 Å². The molecule has 0 fully saturated rings. The van der Waals surface area contributed by atoms with Gasteiger partial charge in [0, 0.05) is 114 Å². The van der Waals surface area contributed by atoms with Crippen LogP contribution in [0.4, 0.5) is 0 Å². The average molecular weight is 248 g/mol. The van der Waals surface area contributed by atoms with Gasteiger partial charge in [-0.3, -0.25) is 0 Å². The fourth-order valence-electron chi connectivity index (χ4n) is 0. The molecule has 0 rings (SSSR count). The third-order valence-corrected chi connectivity index (χ3v) is 0. The average Bonchev–Trinajstić information content (AvgIpc) is 0. The maximum absolute atomic E-state index is 0. The standard InChI is InChI=1S/Ca.Cu.Mg.Mn.Zn. The third-order valence-electron chi connectivity index (χ3n) is 0. The van der Waals surface area contributed by atoms with E-state index >= 15 is 0 Å². The van der Waals surface area contributed by atoms with Crippen molar-refractivity contribution in [3.8, 4) is 0 Å². The molecule has 5 heavy (non-hydrogen) atoms. The van der Waals surface area contributed by atoms with Gasteiger partial charge in [0.05, 0.1) is 0 Å². The van der Waals surface area contributed by atoms with Crippen LogP contribution in [0.2, 0.25) is 0 Å². The molecule has 0 bridgehead atoms. The minimum Gasteiger partial charge on any atom is 0 e. The van der Waals surface area contributed by atoms with Crippen molar-refractivity contribution in [2.45, 2.75) is 0 Å². The Morgan fingerprint density at radius 2 is 1.00 bits per heavy atom.